The van der Waals surface area contributed by atoms with Crippen molar-refractivity contribution in [3.63, 3.8) is 0 Å². The molecule has 17 heavy (non-hydrogen) atoms. The molecule has 0 bridgehead atoms. The summed E-state index contributed by atoms with van der Waals surface area (Å²) in [5.41, 5.74) is 0. The Balaban J connectivity index is 2.75. The Bertz CT molecular complexity index is 351. The summed E-state index contributed by atoms with van der Waals surface area (Å²) >= 11 is 0. The average Bonchev–Trinajstić information content (AvgIpc) is 2.38. The first-order chi connectivity index (χ1) is 8.23. The third kappa shape index (κ3) is 4.63. The van der Waals surface area contributed by atoms with Gasteiger partial charge in [-0.3, -0.25) is 4.57 Å². The van der Waals surface area contributed by atoms with Gasteiger partial charge in [0, 0.05) is 0 Å². The minimum Gasteiger partial charge on any atom is -0.305 e. The van der Waals surface area contributed by atoms with Crippen LogP contribution in [0.4, 0.5) is 0 Å². The van der Waals surface area contributed by atoms with Gasteiger partial charge in [0.15, 0.2) is 0 Å². The maximum atomic E-state index is 12.6. The molecule has 0 amide bonds. The van der Waals surface area contributed by atoms with Gasteiger partial charge in [-0.05, 0) is 25.0 Å². The Morgan fingerprint density at radius 2 is 1.65 bits per heavy atom. The molecule has 0 aromatic heterocycles. The van der Waals surface area contributed by atoms with Crippen molar-refractivity contribution in [3.8, 4) is 0 Å². The third-order valence-corrected chi connectivity index (χ3v) is 4.27. The highest BCUT2D eigenvalue weighted by molar-refractivity contribution is 7.62. The molecular weight excluding hydrogens is 235 g/mol. The fourth-order valence-electron chi connectivity index (χ4n) is 1.34. The molecule has 0 saturated heterocycles. The van der Waals surface area contributed by atoms with Gasteiger partial charge < -0.3 is 9.05 Å². The molecule has 1 aromatic carbocycles. The van der Waals surface area contributed by atoms with E-state index in [1.165, 1.54) is 0 Å². The monoisotopic (exact) mass is 256 g/mol. The van der Waals surface area contributed by atoms with Crippen LogP contribution in [0.5, 0.6) is 0 Å². The van der Waals surface area contributed by atoms with E-state index >= 15 is 0 Å². The third-order valence-electron chi connectivity index (χ3n) is 2.30. The maximum Gasteiger partial charge on any atom is 0.361 e. The molecule has 3 nitrogen and oxygen atoms in total. The summed E-state index contributed by atoms with van der Waals surface area (Å²) in [6, 6.07) is 9.17. The van der Waals surface area contributed by atoms with E-state index in [9.17, 15) is 4.57 Å². The van der Waals surface area contributed by atoms with Crippen molar-refractivity contribution in [1.82, 2.24) is 0 Å². The summed E-state index contributed by atoms with van der Waals surface area (Å²) < 4.78 is 23.5. The molecule has 0 aliphatic carbocycles. The van der Waals surface area contributed by atoms with Gasteiger partial charge in [0.25, 0.3) is 0 Å². The van der Waals surface area contributed by atoms with Crippen LogP contribution in [0.1, 0.15) is 33.1 Å². The lowest BCUT2D eigenvalue weighted by Gasteiger charge is -2.18. The van der Waals surface area contributed by atoms with Crippen molar-refractivity contribution >= 4 is 12.9 Å². The van der Waals surface area contributed by atoms with Gasteiger partial charge in [0.05, 0.1) is 18.5 Å². The fourth-order valence-corrected chi connectivity index (χ4v) is 3.04. The van der Waals surface area contributed by atoms with E-state index in [-0.39, 0.29) is 0 Å². The summed E-state index contributed by atoms with van der Waals surface area (Å²) in [5.74, 6) is 0. The van der Waals surface area contributed by atoms with Gasteiger partial charge in [0.2, 0.25) is 0 Å². The molecule has 0 fully saturated rings. The van der Waals surface area contributed by atoms with Crippen LogP contribution in [0, 0.1) is 0 Å². The molecule has 0 saturated carbocycles. The number of unbranched alkanes of at least 4 members (excludes halogenated alkanes) is 1. The summed E-state index contributed by atoms with van der Waals surface area (Å²) in [6.07, 6.45) is 2.74. The van der Waals surface area contributed by atoms with E-state index in [1.807, 2.05) is 25.1 Å². The molecule has 0 heterocycles. The fraction of sp³-hybridized carbons (Fsp3) is 0.538. The smallest absolute Gasteiger partial charge is 0.305 e. The van der Waals surface area contributed by atoms with Crippen LogP contribution in [0.15, 0.2) is 30.3 Å². The minimum absolute atomic E-state index is 0.457. The van der Waals surface area contributed by atoms with Crippen molar-refractivity contribution < 1.29 is 13.6 Å². The summed E-state index contributed by atoms with van der Waals surface area (Å²) in [7, 11) is -3.12. The van der Waals surface area contributed by atoms with Gasteiger partial charge in [0.1, 0.15) is 0 Å². The van der Waals surface area contributed by atoms with E-state index in [0.29, 0.717) is 18.5 Å². The molecule has 4 heteroatoms. The molecule has 96 valence electrons. The van der Waals surface area contributed by atoms with Crippen LogP contribution >= 0.6 is 7.60 Å². The van der Waals surface area contributed by atoms with Gasteiger partial charge in [-0.25, -0.2) is 0 Å². The van der Waals surface area contributed by atoms with Gasteiger partial charge in [-0.1, -0.05) is 38.5 Å². The number of benzene rings is 1. The van der Waals surface area contributed by atoms with E-state index < -0.39 is 7.60 Å². The van der Waals surface area contributed by atoms with Crippen molar-refractivity contribution in [2.75, 3.05) is 13.2 Å². The molecule has 0 aliphatic heterocycles. The molecule has 1 atom stereocenters. The van der Waals surface area contributed by atoms with E-state index in [4.69, 9.17) is 9.05 Å². The number of hydrogen-bond acceptors (Lipinski definition) is 3. The molecule has 1 rings (SSSR count). The number of rotatable bonds is 8. The zero-order valence-electron chi connectivity index (χ0n) is 10.6. The first-order valence-electron chi connectivity index (χ1n) is 6.17. The predicted octanol–water partition coefficient (Wildman–Crippen LogP) is 3.75. The van der Waals surface area contributed by atoms with E-state index in [1.54, 1.807) is 12.1 Å². The zero-order valence-corrected chi connectivity index (χ0v) is 11.5. The summed E-state index contributed by atoms with van der Waals surface area (Å²) in [4.78, 5) is 0. The topological polar surface area (TPSA) is 35.5 Å². The van der Waals surface area contributed by atoms with Crippen molar-refractivity contribution in [2.45, 2.75) is 33.1 Å². The van der Waals surface area contributed by atoms with Crippen LogP contribution in [0.2, 0.25) is 0 Å². The highest BCUT2D eigenvalue weighted by atomic mass is 31.2. The Morgan fingerprint density at radius 1 is 1.00 bits per heavy atom. The van der Waals surface area contributed by atoms with Gasteiger partial charge in [-0.2, -0.15) is 0 Å². The molecule has 0 N–H and O–H groups in total. The van der Waals surface area contributed by atoms with Crippen LogP contribution in [-0.2, 0) is 13.6 Å². The second-order valence-electron chi connectivity index (χ2n) is 3.85. The Morgan fingerprint density at radius 3 is 2.24 bits per heavy atom. The lowest BCUT2D eigenvalue weighted by Crippen LogP contribution is -2.11. The first kappa shape index (κ1) is 14.4. The number of hydrogen-bond donors (Lipinski definition) is 0. The summed E-state index contributed by atoms with van der Waals surface area (Å²) in [6.45, 7) is 5.00. The molecular formula is C13H21O3P. The van der Waals surface area contributed by atoms with Crippen molar-refractivity contribution in [1.29, 1.82) is 0 Å². The Labute approximate surface area is 104 Å². The van der Waals surface area contributed by atoms with Crippen molar-refractivity contribution in [3.05, 3.63) is 30.3 Å². The Hall–Kier alpha value is -0.630. The van der Waals surface area contributed by atoms with Crippen molar-refractivity contribution in [2.24, 2.45) is 0 Å². The highest BCUT2D eigenvalue weighted by Gasteiger charge is 2.26. The van der Waals surface area contributed by atoms with Crippen LogP contribution < -0.4 is 5.30 Å². The lowest BCUT2D eigenvalue weighted by atomic mass is 10.4. The second-order valence-corrected chi connectivity index (χ2v) is 5.88. The highest BCUT2D eigenvalue weighted by Crippen LogP contribution is 2.47. The predicted molar refractivity (Wildman–Crippen MR) is 70.8 cm³/mol. The lowest BCUT2D eigenvalue weighted by molar-refractivity contribution is 0.211. The minimum atomic E-state index is -3.12. The molecule has 0 radical (unpaired) electrons. The van der Waals surface area contributed by atoms with E-state index in [0.717, 1.165) is 19.3 Å². The van der Waals surface area contributed by atoms with Crippen LogP contribution in [0.25, 0.3) is 0 Å². The molecule has 1 unspecified atom stereocenters. The van der Waals surface area contributed by atoms with Crippen LogP contribution in [-0.4, -0.2) is 13.2 Å². The van der Waals surface area contributed by atoms with Crippen LogP contribution in [0.3, 0.4) is 0 Å². The summed E-state index contributed by atoms with van der Waals surface area (Å²) in [5, 5.41) is 0.643. The largest absolute Gasteiger partial charge is 0.361 e. The molecule has 1 aromatic rings. The molecule has 0 aliphatic rings. The first-order valence-corrected chi connectivity index (χ1v) is 7.72. The van der Waals surface area contributed by atoms with Gasteiger partial charge >= 0.3 is 7.60 Å². The second kappa shape index (κ2) is 7.65. The standard InChI is InChI=1S/C13H21O3P/c1-3-5-12-16-17(14,15-11-4-2)13-9-7-6-8-10-13/h6-10H,3-5,11-12H2,1-2H3. The van der Waals surface area contributed by atoms with Gasteiger partial charge in [-0.15, -0.1) is 0 Å². The Kier molecular flexibility index (Phi) is 6.49. The zero-order chi connectivity index (χ0) is 12.6. The average molecular weight is 256 g/mol. The SMILES string of the molecule is CCCCOP(=O)(OCCC)c1ccccc1. The maximum absolute atomic E-state index is 12.6. The quantitative estimate of drug-likeness (QED) is 0.525. The molecule has 0 spiro atoms. The van der Waals surface area contributed by atoms with E-state index in [2.05, 4.69) is 6.92 Å². The normalized spacial score (nSPS) is 14.5.